The van der Waals surface area contributed by atoms with E-state index in [0.29, 0.717) is 36.7 Å². The minimum absolute atomic E-state index is 0.237. The van der Waals surface area contributed by atoms with Crippen LogP contribution in [0.15, 0.2) is 30.3 Å². The van der Waals surface area contributed by atoms with Gasteiger partial charge in [-0.25, -0.2) is 4.98 Å². The molecule has 0 spiro atoms. The van der Waals surface area contributed by atoms with Gasteiger partial charge in [-0.2, -0.15) is 9.97 Å². The average molecular weight is 311 g/mol. The van der Waals surface area contributed by atoms with Crippen molar-refractivity contribution in [3.63, 3.8) is 0 Å². The summed E-state index contributed by atoms with van der Waals surface area (Å²) in [6, 6.07) is 10.4. The van der Waals surface area contributed by atoms with Gasteiger partial charge in [-0.1, -0.05) is 30.3 Å². The van der Waals surface area contributed by atoms with Crippen LogP contribution < -0.4 is 16.2 Å². The minimum atomic E-state index is 0.237. The predicted molar refractivity (Wildman–Crippen MR) is 90.8 cm³/mol. The molecule has 8 heteroatoms. The number of nitrogens with two attached hydrogens (primary N) is 1. The van der Waals surface area contributed by atoms with Gasteiger partial charge in [0.15, 0.2) is 19.3 Å². The molecule has 0 fully saturated rings. The SMILES string of the molecule is Bc1nc2c(N)nc(OCCOC)nc2n1Cc1ccccc1. The maximum atomic E-state index is 6.00. The zero-order valence-electron chi connectivity index (χ0n) is 13.2. The Bertz CT molecular complexity index is 806. The third kappa shape index (κ3) is 3.27. The smallest absolute Gasteiger partial charge is 0.320 e. The van der Waals surface area contributed by atoms with Gasteiger partial charge in [-0.05, 0) is 5.56 Å². The molecule has 1 aromatic carbocycles. The quantitative estimate of drug-likeness (QED) is 0.498. The molecule has 3 aromatic rings. The number of hydrogen-bond donors (Lipinski definition) is 1. The van der Waals surface area contributed by atoms with E-state index in [1.54, 1.807) is 7.11 Å². The molecule has 118 valence electrons. The van der Waals surface area contributed by atoms with E-state index in [0.717, 1.165) is 11.3 Å². The van der Waals surface area contributed by atoms with Gasteiger partial charge in [0, 0.05) is 13.7 Å². The summed E-state index contributed by atoms with van der Waals surface area (Å²) in [5, 5.41) is 0. The van der Waals surface area contributed by atoms with Crippen LogP contribution in [0.3, 0.4) is 0 Å². The summed E-state index contributed by atoms with van der Waals surface area (Å²) < 4.78 is 12.4. The lowest BCUT2D eigenvalue weighted by Crippen LogP contribution is -2.20. The van der Waals surface area contributed by atoms with Gasteiger partial charge in [0.25, 0.3) is 0 Å². The second-order valence-electron chi connectivity index (χ2n) is 5.14. The van der Waals surface area contributed by atoms with E-state index in [-0.39, 0.29) is 6.01 Å². The fraction of sp³-hybridized carbons (Fsp3) is 0.267. The maximum absolute atomic E-state index is 6.00. The summed E-state index contributed by atoms with van der Waals surface area (Å²) in [6.07, 6.45) is 0. The van der Waals surface area contributed by atoms with Crippen molar-refractivity contribution < 1.29 is 9.47 Å². The summed E-state index contributed by atoms with van der Waals surface area (Å²) >= 11 is 0. The minimum Gasteiger partial charge on any atom is -0.461 e. The van der Waals surface area contributed by atoms with E-state index < -0.39 is 0 Å². The van der Waals surface area contributed by atoms with E-state index in [9.17, 15) is 0 Å². The molecule has 2 heterocycles. The summed E-state index contributed by atoms with van der Waals surface area (Å²) in [6.45, 7) is 1.49. The molecule has 0 aliphatic heterocycles. The first-order valence-electron chi connectivity index (χ1n) is 7.35. The van der Waals surface area contributed by atoms with Crippen molar-refractivity contribution in [1.82, 2.24) is 19.5 Å². The van der Waals surface area contributed by atoms with Crippen molar-refractivity contribution in [2.75, 3.05) is 26.1 Å². The van der Waals surface area contributed by atoms with Crippen LogP contribution in [0.2, 0.25) is 0 Å². The Hall–Kier alpha value is -2.61. The van der Waals surface area contributed by atoms with E-state index in [1.807, 2.05) is 30.6 Å². The topological polar surface area (TPSA) is 88.1 Å². The van der Waals surface area contributed by atoms with Crippen molar-refractivity contribution in [3.05, 3.63) is 35.9 Å². The molecule has 23 heavy (non-hydrogen) atoms. The Balaban J connectivity index is 1.98. The number of aromatic nitrogens is 4. The Morgan fingerprint density at radius 2 is 1.91 bits per heavy atom. The number of anilines is 1. The van der Waals surface area contributed by atoms with Crippen LogP contribution in [0.5, 0.6) is 6.01 Å². The first-order chi connectivity index (χ1) is 11.2. The first kappa shape index (κ1) is 15.3. The van der Waals surface area contributed by atoms with E-state index in [2.05, 4.69) is 27.1 Å². The summed E-state index contributed by atoms with van der Waals surface area (Å²) in [7, 11) is 3.54. The highest BCUT2D eigenvalue weighted by molar-refractivity contribution is 6.30. The Labute approximate surface area is 134 Å². The predicted octanol–water partition coefficient (Wildman–Crippen LogP) is -0.260. The molecule has 2 aromatic heterocycles. The van der Waals surface area contributed by atoms with E-state index >= 15 is 0 Å². The molecule has 2 N–H and O–H groups in total. The molecule has 0 aliphatic carbocycles. The number of imidazole rings is 1. The summed E-state index contributed by atoms with van der Waals surface area (Å²) in [5.41, 5.74) is 9.26. The van der Waals surface area contributed by atoms with Crippen LogP contribution >= 0.6 is 0 Å². The van der Waals surface area contributed by atoms with Gasteiger partial charge in [0.2, 0.25) is 0 Å². The number of nitrogen functional groups attached to an aromatic ring is 1. The molecule has 0 saturated carbocycles. The lowest BCUT2D eigenvalue weighted by Gasteiger charge is -2.08. The molecular weight excluding hydrogens is 293 g/mol. The zero-order chi connectivity index (χ0) is 16.2. The highest BCUT2D eigenvalue weighted by Crippen LogP contribution is 2.19. The summed E-state index contributed by atoms with van der Waals surface area (Å²) in [5.74, 6) is 0.317. The molecule has 0 amide bonds. The van der Waals surface area contributed by atoms with Gasteiger partial charge in [-0.15, -0.1) is 0 Å². The number of ether oxygens (including phenoxy) is 2. The number of nitrogens with zero attached hydrogens (tertiary/aromatic N) is 4. The van der Waals surface area contributed by atoms with Crippen molar-refractivity contribution in [1.29, 1.82) is 0 Å². The van der Waals surface area contributed by atoms with Crippen LogP contribution in [-0.2, 0) is 11.3 Å². The zero-order valence-corrected chi connectivity index (χ0v) is 13.2. The maximum Gasteiger partial charge on any atom is 0.320 e. The van der Waals surface area contributed by atoms with Crippen molar-refractivity contribution in [2.24, 2.45) is 0 Å². The lowest BCUT2D eigenvalue weighted by atomic mass is 10.1. The third-order valence-corrected chi connectivity index (χ3v) is 3.49. The van der Waals surface area contributed by atoms with Crippen LogP contribution in [0.4, 0.5) is 5.82 Å². The van der Waals surface area contributed by atoms with Crippen molar-refractivity contribution >= 4 is 30.6 Å². The van der Waals surface area contributed by atoms with Crippen molar-refractivity contribution in [2.45, 2.75) is 6.54 Å². The standard InChI is InChI=1S/C15H18BN5O2/c1-22-7-8-23-15-19-12(17)11-13(20-15)21(14(16)18-11)9-10-5-3-2-4-6-10/h2-6H,7-9,16H2,1H3,(H2,17,19,20). The molecule has 0 atom stereocenters. The third-order valence-electron chi connectivity index (χ3n) is 3.49. The molecule has 7 nitrogen and oxygen atoms in total. The molecule has 0 aliphatic rings. The highest BCUT2D eigenvalue weighted by atomic mass is 16.5. The van der Waals surface area contributed by atoms with Gasteiger partial charge < -0.3 is 19.8 Å². The monoisotopic (exact) mass is 311 g/mol. The molecule has 0 unspecified atom stereocenters. The Kier molecular flexibility index (Phi) is 4.43. The van der Waals surface area contributed by atoms with Gasteiger partial charge in [0.05, 0.1) is 12.3 Å². The number of rotatable bonds is 6. The number of hydrogen-bond acceptors (Lipinski definition) is 6. The average Bonchev–Trinajstić information content (AvgIpc) is 2.86. The largest absolute Gasteiger partial charge is 0.461 e. The highest BCUT2D eigenvalue weighted by Gasteiger charge is 2.15. The lowest BCUT2D eigenvalue weighted by molar-refractivity contribution is 0.141. The number of fused-ring (bicyclic) bond motifs is 1. The summed E-state index contributed by atoms with van der Waals surface area (Å²) in [4.78, 5) is 13.1. The molecule has 0 saturated heterocycles. The Morgan fingerprint density at radius 3 is 2.65 bits per heavy atom. The van der Waals surface area contributed by atoms with Crippen molar-refractivity contribution in [3.8, 4) is 6.01 Å². The fourth-order valence-electron chi connectivity index (χ4n) is 2.35. The molecule has 3 rings (SSSR count). The molecule has 0 bridgehead atoms. The van der Waals surface area contributed by atoms with E-state index in [1.165, 1.54) is 0 Å². The second-order valence-corrected chi connectivity index (χ2v) is 5.14. The van der Waals surface area contributed by atoms with E-state index in [4.69, 9.17) is 15.2 Å². The normalized spacial score (nSPS) is 11.0. The van der Waals surface area contributed by atoms with Gasteiger partial charge in [0.1, 0.15) is 12.1 Å². The number of benzene rings is 1. The van der Waals surface area contributed by atoms with Gasteiger partial charge >= 0.3 is 6.01 Å². The van der Waals surface area contributed by atoms with Crippen LogP contribution in [-0.4, -0.2) is 47.7 Å². The van der Waals surface area contributed by atoms with Gasteiger partial charge in [-0.3, -0.25) is 0 Å². The van der Waals surface area contributed by atoms with Crippen LogP contribution in [0.25, 0.3) is 11.2 Å². The second kappa shape index (κ2) is 6.66. The van der Waals surface area contributed by atoms with Crippen LogP contribution in [0, 0.1) is 0 Å². The van der Waals surface area contributed by atoms with Crippen LogP contribution in [0.1, 0.15) is 5.56 Å². The fourth-order valence-corrected chi connectivity index (χ4v) is 2.35. The Morgan fingerprint density at radius 1 is 1.13 bits per heavy atom. The molecule has 0 radical (unpaired) electrons. The molecular formula is C15H18BN5O2. The number of methoxy groups -OCH3 is 1. The first-order valence-corrected chi connectivity index (χ1v) is 7.35.